The molecule has 140 valence electrons. The molecule has 1 N–H and O–H groups in total. The summed E-state index contributed by atoms with van der Waals surface area (Å²) in [6.07, 6.45) is 1.75. The van der Waals surface area contributed by atoms with Gasteiger partial charge in [0.05, 0.1) is 31.9 Å². The molecule has 1 saturated heterocycles. The van der Waals surface area contributed by atoms with Crippen molar-refractivity contribution in [3.05, 3.63) is 52.4 Å². The van der Waals surface area contributed by atoms with Gasteiger partial charge in [-0.25, -0.2) is 4.99 Å². The molecule has 0 bridgehead atoms. The summed E-state index contributed by atoms with van der Waals surface area (Å²) in [7, 11) is 4.65. The third kappa shape index (κ3) is 4.09. The topological polar surface area (TPSA) is 69.2 Å². The summed E-state index contributed by atoms with van der Waals surface area (Å²) in [5, 5.41) is 3.33. The Balaban J connectivity index is 1.93. The SMILES string of the molecule is COc1ccc(/C=C2\SC(=Nc3cccc(C)c3)NC2=O)c(OC)c1OC. The number of rotatable bonds is 5. The van der Waals surface area contributed by atoms with Crippen LogP contribution in [0.25, 0.3) is 6.08 Å². The number of hydrogen-bond acceptors (Lipinski definition) is 6. The second-order valence-electron chi connectivity index (χ2n) is 5.74. The van der Waals surface area contributed by atoms with Crippen molar-refractivity contribution in [2.24, 2.45) is 4.99 Å². The molecule has 1 heterocycles. The lowest BCUT2D eigenvalue weighted by Gasteiger charge is -2.14. The molecule has 2 aromatic carbocycles. The summed E-state index contributed by atoms with van der Waals surface area (Å²) in [4.78, 5) is 17.4. The Morgan fingerprint density at radius 1 is 1.04 bits per heavy atom. The van der Waals surface area contributed by atoms with Crippen molar-refractivity contribution >= 4 is 34.6 Å². The molecule has 1 aliphatic rings. The summed E-state index contributed by atoms with van der Waals surface area (Å²) in [5.74, 6) is 1.33. The third-order valence-corrected chi connectivity index (χ3v) is 4.81. The minimum Gasteiger partial charge on any atom is -0.493 e. The van der Waals surface area contributed by atoms with Gasteiger partial charge in [-0.2, -0.15) is 0 Å². The number of hydrogen-bond donors (Lipinski definition) is 1. The van der Waals surface area contributed by atoms with Crippen LogP contribution in [0.15, 0.2) is 46.3 Å². The molecule has 27 heavy (non-hydrogen) atoms. The van der Waals surface area contributed by atoms with Gasteiger partial charge in [-0.1, -0.05) is 12.1 Å². The van der Waals surface area contributed by atoms with Crippen LogP contribution >= 0.6 is 11.8 Å². The first-order valence-electron chi connectivity index (χ1n) is 8.21. The maximum Gasteiger partial charge on any atom is 0.264 e. The molecule has 6 nitrogen and oxygen atoms in total. The van der Waals surface area contributed by atoms with E-state index in [1.54, 1.807) is 33.5 Å². The van der Waals surface area contributed by atoms with Crippen LogP contribution in [0, 0.1) is 6.92 Å². The lowest BCUT2D eigenvalue weighted by atomic mass is 10.1. The molecule has 0 aliphatic carbocycles. The number of amidine groups is 1. The Labute approximate surface area is 162 Å². The predicted octanol–water partition coefficient (Wildman–Crippen LogP) is 3.91. The normalized spacial score (nSPS) is 16.5. The van der Waals surface area contributed by atoms with Crippen LogP contribution in [-0.2, 0) is 4.79 Å². The van der Waals surface area contributed by atoms with Crippen LogP contribution in [0.4, 0.5) is 5.69 Å². The number of carbonyl (C=O) groups excluding carboxylic acids is 1. The van der Waals surface area contributed by atoms with Crippen molar-refractivity contribution in [3.63, 3.8) is 0 Å². The van der Waals surface area contributed by atoms with E-state index in [9.17, 15) is 4.79 Å². The van der Waals surface area contributed by atoms with Crippen molar-refractivity contribution in [1.29, 1.82) is 0 Å². The Hall–Kier alpha value is -2.93. The molecule has 1 fully saturated rings. The summed E-state index contributed by atoms with van der Waals surface area (Å²) in [6, 6.07) is 11.4. The molecule has 3 rings (SSSR count). The van der Waals surface area contributed by atoms with E-state index in [1.807, 2.05) is 37.3 Å². The minimum absolute atomic E-state index is 0.205. The van der Waals surface area contributed by atoms with Crippen LogP contribution in [0.3, 0.4) is 0 Å². The molecule has 1 aliphatic heterocycles. The number of aryl methyl sites for hydroxylation is 1. The second kappa shape index (κ2) is 8.18. The molecule has 0 atom stereocenters. The van der Waals surface area contributed by atoms with Crippen LogP contribution < -0.4 is 19.5 Å². The van der Waals surface area contributed by atoms with Crippen molar-refractivity contribution in [2.45, 2.75) is 6.92 Å². The van der Waals surface area contributed by atoms with Gasteiger partial charge in [0.1, 0.15) is 0 Å². The zero-order valence-corrected chi connectivity index (χ0v) is 16.3. The van der Waals surface area contributed by atoms with Gasteiger partial charge in [0.2, 0.25) is 5.75 Å². The molecule has 7 heteroatoms. The Morgan fingerprint density at radius 3 is 2.48 bits per heavy atom. The standard InChI is InChI=1S/C20H20N2O4S/c1-12-6-5-7-14(10-12)21-20-22-19(23)16(27-20)11-13-8-9-15(24-2)18(26-4)17(13)25-3/h5-11H,1-4H3,(H,21,22,23)/b16-11-. The molecule has 0 radical (unpaired) electrons. The highest BCUT2D eigenvalue weighted by Gasteiger charge is 2.25. The van der Waals surface area contributed by atoms with Crippen molar-refractivity contribution in [2.75, 3.05) is 21.3 Å². The van der Waals surface area contributed by atoms with E-state index in [0.29, 0.717) is 32.9 Å². The number of ether oxygens (including phenoxy) is 3. The molecule has 0 spiro atoms. The smallest absolute Gasteiger partial charge is 0.264 e. The molecule has 0 aromatic heterocycles. The van der Waals surface area contributed by atoms with Crippen LogP contribution in [0.5, 0.6) is 17.2 Å². The number of nitrogens with one attached hydrogen (secondary N) is 1. The maximum atomic E-state index is 12.3. The van der Waals surface area contributed by atoms with Gasteiger partial charge in [-0.05, 0) is 54.6 Å². The molecule has 2 aromatic rings. The molecule has 0 saturated carbocycles. The van der Waals surface area contributed by atoms with Crippen LogP contribution in [-0.4, -0.2) is 32.4 Å². The van der Waals surface area contributed by atoms with Gasteiger partial charge < -0.3 is 19.5 Å². The van der Waals surface area contributed by atoms with E-state index < -0.39 is 0 Å². The van der Waals surface area contributed by atoms with E-state index >= 15 is 0 Å². The fraction of sp³-hybridized carbons (Fsp3) is 0.200. The van der Waals surface area contributed by atoms with Crippen LogP contribution in [0.2, 0.25) is 0 Å². The number of nitrogens with zero attached hydrogens (tertiary/aromatic N) is 1. The van der Waals surface area contributed by atoms with Gasteiger partial charge in [0, 0.05) is 5.56 Å². The first-order chi connectivity index (χ1) is 13.0. The third-order valence-electron chi connectivity index (χ3n) is 3.90. The number of aliphatic imine (C=N–C) groups is 1. The van der Waals surface area contributed by atoms with Gasteiger partial charge in [-0.3, -0.25) is 4.79 Å². The molecular weight excluding hydrogens is 364 g/mol. The van der Waals surface area contributed by atoms with Gasteiger partial charge >= 0.3 is 0 Å². The van der Waals surface area contributed by atoms with E-state index in [2.05, 4.69) is 10.3 Å². The summed E-state index contributed by atoms with van der Waals surface area (Å²) in [6.45, 7) is 2.00. The number of carbonyl (C=O) groups is 1. The average molecular weight is 384 g/mol. The minimum atomic E-state index is -0.205. The Kier molecular flexibility index (Phi) is 5.71. The molecule has 0 unspecified atom stereocenters. The van der Waals surface area contributed by atoms with Gasteiger partial charge in [0.25, 0.3) is 5.91 Å². The lowest BCUT2D eigenvalue weighted by Crippen LogP contribution is -2.19. The second-order valence-corrected chi connectivity index (χ2v) is 6.77. The average Bonchev–Trinajstić information content (AvgIpc) is 3.00. The number of benzene rings is 2. The van der Waals surface area contributed by atoms with Crippen molar-refractivity contribution in [3.8, 4) is 17.2 Å². The highest BCUT2D eigenvalue weighted by Crippen LogP contribution is 2.41. The van der Waals surface area contributed by atoms with Gasteiger partial charge in [-0.15, -0.1) is 0 Å². The van der Waals surface area contributed by atoms with E-state index in [1.165, 1.54) is 11.8 Å². The summed E-state index contributed by atoms with van der Waals surface area (Å²) in [5.41, 5.74) is 2.62. The van der Waals surface area contributed by atoms with Crippen molar-refractivity contribution in [1.82, 2.24) is 5.32 Å². The fourth-order valence-electron chi connectivity index (χ4n) is 2.67. The highest BCUT2D eigenvalue weighted by atomic mass is 32.2. The Morgan fingerprint density at radius 2 is 1.81 bits per heavy atom. The summed E-state index contributed by atoms with van der Waals surface area (Å²) >= 11 is 1.28. The van der Waals surface area contributed by atoms with E-state index in [0.717, 1.165) is 11.3 Å². The van der Waals surface area contributed by atoms with Crippen molar-refractivity contribution < 1.29 is 19.0 Å². The highest BCUT2D eigenvalue weighted by molar-refractivity contribution is 8.18. The monoisotopic (exact) mass is 384 g/mol. The predicted molar refractivity (Wildman–Crippen MR) is 108 cm³/mol. The van der Waals surface area contributed by atoms with Gasteiger partial charge in [0.15, 0.2) is 16.7 Å². The quantitative estimate of drug-likeness (QED) is 0.792. The van der Waals surface area contributed by atoms with E-state index in [4.69, 9.17) is 14.2 Å². The summed E-state index contributed by atoms with van der Waals surface area (Å²) < 4.78 is 16.2. The van der Waals surface area contributed by atoms with E-state index in [-0.39, 0.29) is 5.91 Å². The largest absolute Gasteiger partial charge is 0.493 e. The fourth-order valence-corrected chi connectivity index (χ4v) is 3.51. The number of methoxy groups -OCH3 is 3. The maximum absolute atomic E-state index is 12.3. The molecular formula is C20H20N2O4S. The number of amides is 1. The zero-order valence-electron chi connectivity index (χ0n) is 15.5. The Bertz CT molecular complexity index is 938. The zero-order chi connectivity index (χ0) is 19.4. The lowest BCUT2D eigenvalue weighted by molar-refractivity contribution is -0.115. The number of thioether (sulfide) groups is 1. The molecule has 1 amide bonds. The first kappa shape index (κ1) is 18.8. The van der Waals surface area contributed by atoms with Crippen LogP contribution in [0.1, 0.15) is 11.1 Å². The first-order valence-corrected chi connectivity index (χ1v) is 9.02.